The standard InChI is InChI=1S/C19H21NO5S/c1-13(19(22)20-16-6-4-5-7-17(16)24-3)25-18(21)12-26-15-10-8-14(23-2)9-11-15/h4-11,13H,12H2,1-3H3,(H,20,22)/t13-/m1/s1. The lowest BCUT2D eigenvalue weighted by atomic mass is 10.2. The van der Waals surface area contributed by atoms with E-state index in [2.05, 4.69) is 5.32 Å². The molecule has 26 heavy (non-hydrogen) atoms. The first-order valence-electron chi connectivity index (χ1n) is 7.93. The van der Waals surface area contributed by atoms with Crippen LogP contribution in [-0.2, 0) is 14.3 Å². The van der Waals surface area contributed by atoms with Crippen molar-refractivity contribution in [1.29, 1.82) is 0 Å². The van der Waals surface area contributed by atoms with Gasteiger partial charge in [0.05, 0.1) is 25.7 Å². The van der Waals surface area contributed by atoms with E-state index < -0.39 is 18.0 Å². The van der Waals surface area contributed by atoms with E-state index in [1.807, 2.05) is 24.3 Å². The van der Waals surface area contributed by atoms with Crippen molar-refractivity contribution in [3.05, 3.63) is 48.5 Å². The minimum atomic E-state index is -0.913. The predicted molar refractivity (Wildman–Crippen MR) is 101 cm³/mol. The second-order valence-corrected chi connectivity index (χ2v) is 6.33. The number of ether oxygens (including phenoxy) is 3. The summed E-state index contributed by atoms with van der Waals surface area (Å²) in [6.45, 7) is 1.53. The number of para-hydroxylation sites is 2. The van der Waals surface area contributed by atoms with E-state index in [0.717, 1.165) is 10.6 Å². The van der Waals surface area contributed by atoms with Crippen LogP contribution in [-0.4, -0.2) is 38.0 Å². The summed E-state index contributed by atoms with van der Waals surface area (Å²) < 4.78 is 15.4. The zero-order chi connectivity index (χ0) is 18.9. The molecule has 7 heteroatoms. The molecule has 0 saturated heterocycles. The van der Waals surface area contributed by atoms with Crippen LogP contribution in [0.2, 0.25) is 0 Å². The Kier molecular flexibility index (Phi) is 7.35. The summed E-state index contributed by atoms with van der Waals surface area (Å²) in [7, 11) is 3.11. The van der Waals surface area contributed by atoms with Gasteiger partial charge in [0.15, 0.2) is 6.10 Å². The molecule has 2 rings (SSSR count). The Bertz CT molecular complexity index is 748. The number of carbonyl (C=O) groups is 2. The number of benzene rings is 2. The molecule has 0 aromatic heterocycles. The highest BCUT2D eigenvalue weighted by Gasteiger charge is 2.19. The quantitative estimate of drug-likeness (QED) is 0.563. The fourth-order valence-electron chi connectivity index (χ4n) is 2.08. The summed E-state index contributed by atoms with van der Waals surface area (Å²) in [4.78, 5) is 25.1. The van der Waals surface area contributed by atoms with Crippen LogP contribution in [0.5, 0.6) is 11.5 Å². The summed E-state index contributed by atoms with van der Waals surface area (Å²) in [5.41, 5.74) is 0.524. The van der Waals surface area contributed by atoms with Gasteiger partial charge in [0.25, 0.3) is 5.91 Å². The lowest BCUT2D eigenvalue weighted by Crippen LogP contribution is -2.30. The molecule has 0 spiro atoms. The molecule has 1 amide bonds. The molecule has 2 aromatic rings. The summed E-state index contributed by atoms with van der Waals surface area (Å²) in [6, 6.07) is 14.4. The molecule has 0 bridgehead atoms. The topological polar surface area (TPSA) is 73.9 Å². The van der Waals surface area contributed by atoms with Crippen molar-refractivity contribution in [1.82, 2.24) is 0 Å². The summed E-state index contributed by atoms with van der Waals surface area (Å²) in [6.07, 6.45) is -0.913. The fourth-order valence-corrected chi connectivity index (χ4v) is 2.76. The second-order valence-electron chi connectivity index (χ2n) is 5.29. The number of hydrogen-bond acceptors (Lipinski definition) is 6. The Morgan fingerprint density at radius 1 is 1.04 bits per heavy atom. The van der Waals surface area contributed by atoms with Crippen LogP contribution in [0.15, 0.2) is 53.4 Å². The predicted octanol–water partition coefficient (Wildman–Crippen LogP) is 3.37. The number of amides is 1. The van der Waals surface area contributed by atoms with Gasteiger partial charge >= 0.3 is 5.97 Å². The molecule has 0 aliphatic rings. The Hall–Kier alpha value is -2.67. The summed E-state index contributed by atoms with van der Waals surface area (Å²) >= 11 is 1.33. The van der Waals surface area contributed by atoms with Crippen LogP contribution in [0.3, 0.4) is 0 Å². The highest BCUT2D eigenvalue weighted by atomic mass is 32.2. The lowest BCUT2D eigenvalue weighted by molar-refractivity contribution is -0.150. The molecule has 0 unspecified atom stereocenters. The van der Waals surface area contributed by atoms with Crippen molar-refractivity contribution in [3.63, 3.8) is 0 Å². The Balaban J connectivity index is 1.82. The van der Waals surface area contributed by atoms with Crippen molar-refractivity contribution in [2.45, 2.75) is 17.9 Å². The maximum atomic E-state index is 12.2. The van der Waals surface area contributed by atoms with Gasteiger partial charge in [-0.05, 0) is 43.3 Å². The Labute approximate surface area is 156 Å². The van der Waals surface area contributed by atoms with E-state index in [-0.39, 0.29) is 5.75 Å². The molecule has 0 heterocycles. The van der Waals surface area contributed by atoms with E-state index in [1.165, 1.54) is 25.8 Å². The van der Waals surface area contributed by atoms with Crippen LogP contribution in [0.1, 0.15) is 6.92 Å². The average Bonchev–Trinajstić information content (AvgIpc) is 2.67. The van der Waals surface area contributed by atoms with Crippen LogP contribution in [0, 0.1) is 0 Å². The number of anilines is 1. The maximum absolute atomic E-state index is 12.2. The first-order valence-corrected chi connectivity index (χ1v) is 8.92. The van der Waals surface area contributed by atoms with E-state index >= 15 is 0 Å². The maximum Gasteiger partial charge on any atom is 0.317 e. The van der Waals surface area contributed by atoms with E-state index in [9.17, 15) is 9.59 Å². The van der Waals surface area contributed by atoms with Gasteiger partial charge in [-0.3, -0.25) is 9.59 Å². The van der Waals surface area contributed by atoms with Gasteiger partial charge in [0, 0.05) is 4.90 Å². The van der Waals surface area contributed by atoms with Crippen molar-refractivity contribution in [2.24, 2.45) is 0 Å². The molecule has 0 aliphatic carbocycles. The van der Waals surface area contributed by atoms with Crippen molar-refractivity contribution >= 4 is 29.3 Å². The summed E-state index contributed by atoms with van der Waals surface area (Å²) in [5, 5.41) is 2.69. The van der Waals surface area contributed by atoms with Crippen molar-refractivity contribution in [2.75, 3.05) is 25.3 Å². The zero-order valence-electron chi connectivity index (χ0n) is 14.9. The van der Waals surface area contributed by atoms with Crippen molar-refractivity contribution < 1.29 is 23.8 Å². The minimum Gasteiger partial charge on any atom is -0.497 e. The SMILES string of the molecule is COc1ccc(SCC(=O)O[C@H](C)C(=O)Nc2ccccc2OC)cc1. The molecular weight excluding hydrogens is 354 g/mol. The number of hydrogen-bond donors (Lipinski definition) is 1. The normalized spacial score (nSPS) is 11.3. The van der Waals surface area contributed by atoms with Gasteiger partial charge in [-0.15, -0.1) is 11.8 Å². The number of thioether (sulfide) groups is 1. The molecule has 0 fully saturated rings. The van der Waals surface area contributed by atoms with Crippen LogP contribution in [0.4, 0.5) is 5.69 Å². The van der Waals surface area contributed by atoms with Crippen LogP contribution < -0.4 is 14.8 Å². The van der Waals surface area contributed by atoms with E-state index in [0.29, 0.717) is 11.4 Å². The number of methoxy groups -OCH3 is 2. The third kappa shape index (κ3) is 5.70. The third-order valence-corrected chi connectivity index (χ3v) is 4.44. The fraction of sp³-hybridized carbons (Fsp3) is 0.263. The number of carbonyl (C=O) groups excluding carboxylic acids is 2. The average molecular weight is 375 g/mol. The molecule has 138 valence electrons. The third-order valence-electron chi connectivity index (χ3n) is 3.46. The molecule has 1 atom stereocenters. The highest BCUT2D eigenvalue weighted by Crippen LogP contribution is 2.24. The molecule has 6 nitrogen and oxygen atoms in total. The lowest BCUT2D eigenvalue weighted by Gasteiger charge is -2.15. The first kappa shape index (κ1) is 19.7. The smallest absolute Gasteiger partial charge is 0.317 e. The summed E-state index contributed by atoms with van der Waals surface area (Å²) in [5.74, 6) is 0.511. The highest BCUT2D eigenvalue weighted by molar-refractivity contribution is 8.00. The monoisotopic (exact) mass is 375 g/mol. The molecule has 1 N–H and O–H groups in total. The van der Waals surface area contributed by atoms with Crippen LogP contribution >= 0.6 is 11.8 Å². The number of esters is 1. The number of nitrogens with one attached hydrogen (secondary N) is 1. The van der Waals surface area contributed by atoms with Gasteiger partial charge in [-0.25, -0.2) is 0 Å². The van der Waals surface area contributed by atoms with Gasteiger partial charge in [0.1, 0.15) is 11.5 Å². The number of rotatable bonds is 8. The molecule has 2 aromatic carbocycles. The van der Waals surface area contributed by atoms with Crippen LogP contribution in [0.25, 0.3) is 0 Å². The molecule has 0 saturated carbocycles. The Morgan fingerprint density at radius 2 is 1.73 bits per heavy atom. The molecule has 0 radical (unpaired) electrons. The molecular formula is C19H21NO5S. The molecule has 0 aliphatic heterocycles. The van der Waals surface area contributed by atoms with Crippen molar-refractivity contribution in [3.8, 4) is 11.5 Å². The second kappa shape index (κ2) is 9.72. The minimum absolute atomic E-state index is 0.110. The first-order chi connectivity index (χ1) is 12.5. The van der Waals surface area contributed by atoms with Gasteiger partial charge in [0.2, 0.25) is 0 Å². The Morgan fingerprint density at radius 3 is 2.38 bits per heavy atom. The largest absolute Gasteiger partial charge is 0.497 e. The van der Waals surface area contributed by atoms with E-state index in [1.54, 1.807) is 31.4 Å². The van der Waals surface area contributed by atoms with Gasteiger partial charge < -0.3 is 19.5 Å². The van der Waals surface area contributed by atoms with Gasteiger partial charge in [-0.2, -0.15) is 0 Å². The van der Waals surface area contributed by atoms with E-state index in [4.69, 9.17) is 14.2 Å². The zero-order valence-corrected chi connectivity index (χ0v) is 15.7. The van der Waals surface area contributed by atoms with Gasteiger partial charge in [-0.1, -0.05) is 12.1 Å².